The van der Waals surface area contributed by atoms with Gasteiger partial charge in [-0.05, 0) is 31.2 Å². The Kier molecular flexibility index (Phi) is 2.74. The van der Waals surface area contributed by atoms with Crippen LogP contribution in [0, 0.1) is 10.1 Å². The Balaban J connectivity index is 1.88. The van der Waals surface area contributed by atoms with Crippen molar-refractivity contribution in [2.45, 2.75) is 37.4 Å². The summed E-state index contributed by atoms with van der Waals surface area (Å²) < 4.78 is 0. The minimum atomic E-state index is -0.488. The number of hydrogen-bond acceptors (Lipinski definition) is 4. The molecule has 0 bridgehead atoms. The lowest BCUT2D eigenvalue weighted by Crippen LogP contribution is -2.46. The third-order valence-corrected chi connectivity index (χ3v) is 3.92. The molecule has 1 amide bonds. The van der Waals surface area contributed by atoms with E-state index in [2.05, 4.69) is 10.6 Å². The molecule has 1 aromatic carbocycles. The zero-order valence-corrected chi connectivity index (χ0v) is 10.4. The van der Waals surface area contributed by atoms with Gasteiger partial charge in [0.15, 0.2) is 0 Å². The fourth-order valence-electron chi connectivity index (χ4n) is 2.99. The highest BCUT2D eigenvalue weighted by molar-refractivity contribution is 5.86. The number of non-ortho nitro benzene ring substituents is 1. The van der Waals surface area contributed by atoms with Gasteiger partial charge in [0.25, 0.3) is 5.69 Å². The summed E-state index contributed by atoms with van der Waals surface area (Å²) in [5, 5.41) is 17.1. The van der Waals surface area contributed by atoms with Crippen LogP contribution in [0.1, 0.15) is 37.3 Å². The highest BCUT2D eigenvalue weighted by Crippen LogP contribution is 2.35. The fourth-order valence-corrected chi connectivity index (χ4v) is 2.99. The maximum Gasteiger partial charge on any atom is 0.269 e. The standard InChI is InChI=1S/C13H15N3O3/c17-12-11(14-13(15-12)6-1-2-7-13)9-4-3-5-10(8-9)16(18)19/h3-5,8,11,14H,1-2,6-7H2,(H,15,17)/t11-/m1/s1. The molecule has 2 aliphatic rings. The van der Waals surface area contributed by atoms with Crippen molar-refractivity contribution < 1.29 is 9.72 Å². The lowest BCUT2D eigenvalue weighted by molar-refractivity contribution is -0.384. The SMILES string of the molecule is O=C1NC2(CCCC2)N[C@@H]1c1cccc([N+](=O)[O-])c1. The van der Waals surface area contributed by atoms with Crippen LogP contribution < -0.4 is 10.6 Å². The van der Waals surface area contributed by atoms with Crippen LogP contribution in [0.2, 0.25) is 0 Å². The van der Waals surface area contributed by atoms with E-state index in [1.807, 2.05) is 0 Å². The molecule has 100 valence electrons. The normalized spacial score (nSPS) is 24.6. The van der Waals surface area contributed by atoms with E-state index >= 15 is 0 Å². The molecule has 1 saturated heterocycles. The predicted molar refractivity (Wildman–Crippen MR) is 68.3 cm³/mol. The average molecular weight is 261 g/mol. The molecular weight excluding hydrogens is 246 g/mol. The molecule has 3 rings (SSSR count). The Labute approximate surface area is 110 Å². The number of amides is 1. The molecular formula is C13H15N3O3. The summed E-state index contributed by atoms with van der Waals surface area (Å²) in [5.74, 6) is -0.0950. The first kappa shape index (κ1) is 12.1. The maximum atomic E-state index is 12.1. The van der Waals surface area contributed by atoms with Crippen molar-refractivity contribution in [2.75, 3.05) is 0 Å². The van der Waals surface area contributed by atoms with Gasteiger partial charge in [-0.1, -0.05) is 12.1 Å². The van der Waals surface area contributed by atoms with E-state index in [-0.39, 0.29) is 17.3 Å². The average Bonchev–Trinajstić information content (AvgIpc) is 2.97. The number of benzene rings is 1. The summed E-state index contributed by atoms with van der Waals surface area (Å²) in [6.07, 6.45) is 4.03. The third-order valence-electron chi connectivity index (χ3n) is 3.92. The monoisotopic (exact) mass is 261 g/mol. The summed E-state index contributed by atoms with van der Waals surface area (Å²) in [6.45, 7) is 0. The molecule has 19 heavy (non-hydrogen) atoms. The van der Waals surface area contributed by atoms with Gasteiger partial charge in [-0.25, -0.2) is 0 Å². The second-order valence-corrected chi connectivity index (χ2v) is 5.21. The molecule has 6 heteroatoms. The number of nitrogens with zero attached hydrogens (tertiary/aromatic N) is 1. The summed E-state index contributed by atoms with van der Waals surface area (Å²) >= 11 is 0. The molecule has 1 heterocycles. The first-order valence-electron chi connectivity index (χ1n) is 6.44. The van der Waals surface area contributed by atoms with Gasteiger partial charge >= 0.3 is 0 Å². The molecule has 0 radical (unpaired) electrons. The van der Waals surface area contributed by atoms with Gasteiger partial charge in [0.2, 0.25) is 5.91 Å². The van der Waals surface area contributed by atoms with E-state index in [9.17, 15) is 14.9 Å². The van der Waals surface area contributed by atoms with Gasteiger partial charge in [0.1, 0.15) is 6.04 Å². The van der Waals surface area contributed by atoms with Crippen molar-refractivity contribution in [1.82, 2.24) is 10.6 Å². The Morgan fingerprint density at radius 3 is 2.74 bits per heavy atom. The van der Waals surface area contributed by atoms with Crippen molar-refractivity contribution in [3.63, 3.8) is 0 Å². The largest absolute Gasteiger partial charge is 0.336 e. The van der Waals surface area contributed by atoms with Gasteiger partial charge in [-0.2, -0.15) is 0 Å². The second-order valence-electron chi connectivity index (χ2n) is 5.21. The van der Waals surface area contributed by atoms with E-state index in [1.54, 1.807) is 12.1 Å². The van der Waals surface area contributed by atoms with Gasteiger partial charge in [0.05, 0.1) is 10.6 Å². The summed E-state index contributed by atoms with van der Waals surface area (Å²) in [5.41, 5.74) is 0.363. The van der Waals surface area contributed by atoms with E-state index in [4.69, 9.17) is 0 Å². The molecule has 0 unspecified atom stereocenters. The Morgan fingerprint density at radius 2 is 2.05 bits per heavy atom. The van der Waals surface area contributed by atoms with Gasteiger partial charge in [0, 0.05) is 12.1 Å². The van der Waals surface area contributed by atoms with E-state index in [1.165, 1.54) is 12.1 Å². The number of carbonyl (C=O) groups is 1. The third kappa shape index (κ3) is 2.08. The molecule has 1 aliphatic carbocycles. The lowest BCUT2D eigenvalue weighted by Gasteiger charge is -2.23. The zero-order chi connectivity index (χ0) is 13.5. The van der Waals surface area contributed by atoms with Crippen LogP contribution in [-0.2, 0) is 4.79 Å². The van der Waals surface area contributed by atoms with Crippen LogP contribution in [0.15, 0.2) is 24.3 Å². The van der Waals surface area contributed by atoms with Gasteiger partial charge in [-0.3, -0.25) is 20.2 Å². The fraction of sp³-hybridized carbons (Fsp3) is 0.462. The number of nitro groups is 1. The van der Waals surface area contributed by atoms with E-state index < -0.39 is 11.0 Å². The Bertz CT molecular complexity index is 538. The highest BCUT2D eigenvalue weighted by Gasteiger charge is 2.45. The summed E-state index contributed by atoms with van der Waals surface area (Å²) in [4.78, 5) is 22.4. The van der Waals surface area contributed by atoms with E-state index in [0.29, 0.717) is 5.56 Å². The second kappa shape index (κ2) is 4.31. The lowest BCUT2D eigenvalue weighted by atomic mass is 10.1. The van der Waals surface area contributed by atoms with Crippen molar-refractivity contribution in [1.29, 1.82) is 0 Å². The number of nitrogens with one attached hydrogen (secondary N) is 2. The highest BCUT2D eigenvalue weighted by atomic mass is 16.6. The van der Waals surface area contributed by atoms with Crippen molar-refractivity contribution in [3.8, 4) is 0 Å². The Hall–Kier alpha value is -1.95. The van der Waals surface area contributed by atoms with Crippen LogP contribution in [0.3, 0.4) is 0 Å². The molecule has 2 N–H and O–H groups in total. The van der Waals surface area contributed by atoms with Crippen LogP contribution in [-0.4, -0.2) is 16.5 Å². The summed E-state index contributed by atoms with van der Waals surface area (Å²) in [7, 11) is 0. The Morgan fingerprint density at radius 1 is 1.32 bits per heavy atom. The molecule has 2 fully saturated rings. The minimum absolute atomic E-state index is 0.0134. The quantitative estimate of drug-likeness (QED) is 0.626. The van der Waals surface area contributed by atoms with Crippen LogP contribution in [0.5, 0.6) is 0 Å². The van der Waals surface area contributed by atoms with Crippen LogP contribution >= 0.6 is 0 Å². The van der Waals surface area contributed by atoms with Gasteiger partial charge in [-0.15, -0.1) is 0 Å². The van der Waals surface area contributed by atoms with Crippen molar-refractivity contribution in [2.24, 2.45) is 0 Å². The molecule has 1 spiro atoms. The molecule has 1 aliphatic heterocycles. The number of rotatable bonds is 2. The molecule has 1 saturated carbocycles. The topological polar surface area (TPSA) is 84.3 Å². The first-order chi connectivity index (χ1) is 9.10. The number of carbonyl (C=O) groups excluding carboxylic acids is 1. The van der Waals surface area contributed by atoms with Gasteiger partial charge < -0.3 is 5.32 Å². The zero-order valence-electron chi connectivity index (χ0n) is 10.4. The molecule has 6 nitrogen and oxygen atoms in total. The predicted octanol–water partition coefficient (Wildman–Crippen LogP) is 1.63. The summed E-state index contributed by atoms with van der Waals surface area (Å²) in [6, 6.07) is 5.77. The smallest absolute Gasteiger partial charge is 0.269 e. The number of hydrogen-bond donors (Lipinski definition) is 2. The number of nitro benzene ring substituents is 1. The van der Waals surface area contributed by atoms with Crippen LogP contribution in [0.4, 0.5) is 5.69 Å². The van der Waals surface area contributed by atoms with Crippen molar-refractivity contribution in [3.05, 3.63) is 39.9 Å². The van der Waals surface area contributed by atoms with Crippen LogP contribution in [0.25, 0.3) is 0 Å². The van der Waals surface area contributed by atoms with Crippen molar-refractivity contribution >= 4 is 11.6 Å². The van der Waals surface area contributed by atoms with E-state index in [0.717, 1.165) is 25.7 Å². The minimum Gasteiger partial charge on any atom is -0.336 e. The maximum absolute atomic E-state index is 12.1. The molecule has 0 aromatic heterocycles. The molecule has 1 atom stereocenters. The first-order valence-corrected chi connectivity index (χ1v) is 6.44. The molecule has 1 aromatic rings.